The van der Waals surface area contributed by atoms with Gasteiger partial charge in [0, 0.05) is 5.38 Å². The lowest BCUT2D eigenvalue weighted by Gasteiger charge is -1.98. The van der Waals surface area contributed by atoms with E-state index in [1.807, 2.05) is 5.38 Å². The van der Waals surface area contributed by atoms with Crippen LogP contribution in [0.1, 0.15) is 23.3 Å². The van der Waals surface area contributed by atoms with Crippen molar-refractivity contribution in [1.82, 2.24) is 25.3 Å². The van der Waals surface area contributed by atoms with Crippen LogP contribution in [0.4, 0.5) is 0 Å². The predicted molar refractivity (Wildman–Crippen MR) is 71.5 cm³/mol. The Morgan fingerprint density at radius 3 is 3.05 bits per heavy atom. The lowest BCUT2D eigenvalue weighted by molar-refractivity contribution is -0.119. The smallest absolute Gasteiger partial charge is 0.234 e. The van der Waals surface area contributed by atoms with Gasteiger partial charge < -0.3 is 11.1 Å². The van der Waals surface area contributed by atoms with Crippen molar-refractivity contribution in [3.63, 3.8) is 0 Å². The number of amides is 1. The number of aryl methyl sites for hydroxylation is 1. The van der Waals surface area contributed by atoms with Gasteiger partial charge in [-0.3, -0.25) is 4.79 Å². The molecule has 0 saturated carbocycles. The van der Waals surface area contributed by atoms with Gasteiger partial charge in [0.2, 0.25) is 5.91 Å². The van der Waals surface area contributed by atoms with Gasteiger partial charge in [0.15, 0.2) is 0 Å². The number of rotatable bonds is 6. The first-order valence-corrected chi connectivity index (χ1v) is 6.88. The normalized spacial score (nSPS) is 10.6. The monoisotopic (exact) mass is 280 g/mol. The number of thiazole rings is 1. The predicted octanol–water partition coefficient (Wildman–Crippen LogP) is -0.0798. The van der Waals surface area contributed by atoms with E-state index in [1.165, 1.54) is 0 Å². The van der Waals surface area contributed by atoms with Crippen molar-refractivity contribution in [2.75, 3.05) is 6.54 Å². The summed E-state index contributed by atoms with van der Waals surface area (Å²) in [5, 5.41) is 13.8. The van der Waals surface area contributed by atoms with Crippen molar-refractivity contribution in [2.45, 2.75) is 26.4 Å². The number of nitrogens with zero attached hydrogens (tertiary/aromatic N) is 4. The second kappa shape index (κ2) is 6.39. The van der Waals surface area contributed by atoms with Crippen molar-refractivity contribution in [3.8, 4) is 0 Å². The van der Waals surface area contributed by atoms with Crippen LogP contribution in [0.3, 0.4) is 0 Å². The Morgan fingerprint density at radius 2 is 2.37 bits per heavy atom. The Kier molecular flexibility index (Phi) is 4.58. The first kappa shape index (κ1) is 13.6. The van der Waals surface area contributed by atoms with Crippen molar-refractivity contribution < 1.29 is 4.79 Å². The van der Waals surface area contributed by atoms with Gasteiger partial charge in [-0.1, -0.05) is 12.1 Å². The molecule has 0 radical (unpaired) electrons. The van der Waals surface area contributed by atoms with E-state index >= 15 is 0 Å². The molecule has 0 aliphatic rings. The molecule has 0 aliphatic heterocycles. The van der Waals surface area contributed by atoms with Gasteiger partial charge in [0.05, 0.1) is 36.5 Å². The van der Waals surface area contributed by atoms with E-state index in [4.69, 9.17) is 5.73 Å². The van der Waals surface area contributed by atoms with Gasteiger partial charge >= 0.3 is 0 Å². The zero-order chi connectivity index (χ0) is 13.7. The van der Waals surface area contributed by atoms with Crippen molar-refractivity contribution in [3.05, 3.63) is 28.0 Å². The Bertz CT molecular complexity index is 549. The van der Waals surface area contributed by atoms with E-state index in [2.05, 4.69) is 27.5 Å². The van der Waals surface area contributed by atoms with Crippen LogP contribution in [0.25, 0.3) is 0 Å². The second-order valence-electron chi connectivity index (χ2n) is 3.97. The highest BCUT2D eigenvalue weighted by Crippen LogP contribution is 2.11. The number of aromatic nitrogens is 4. The Morgan fingerprint density at radius 1 is 1.53 bits per heavy atom. The van der Waals surface area contributed by atoms with Crippen LogP contribution >= 0.6 is 11.3 Å². The molecular weight excluding hydrogens is 264 g/mol. The van der Waals surface area contributed by atoms with Crippen LogP contribution < -0.4 is 11.1 Å². The maximum absolute atomic E-state index is 11.0. The minimum Gasteiger partial charge on any atom is -0.349 e. The zero-order valence-electron chi connectivity index (χ0n) is 10.7. The maximum atomic E-state index is 11.0. The van der Waals surface area contributed by atoms with Crippen LogP contribution in [-0.2, 0) is 24.3 Å². The topological polar surface area (TPSA) is 98.7 Å². The van der Waals surface area contributed by atoms with E-state index in [-0.39, 0.29) is 12.5 Å². The fraction of sp³-hybridized carbons (Fsp3) is 0.455. The fourth-order valence-electron chi connectivity index (χ4n) is 1.51. The molecule has 2 aromatic heterocycles. The summed E-state index contributed by atoms with van der Waals surface area (Å²) < 4.78 is 1.71. The summed E-state index contributed by atoms with van der Waals surface area (Å²) in [5.41, 5.74) is 6.88. The maximum Gasteiger partial charge on any atom is 0.234 e. The van der Waals surface area contributed by atoms with Crippen LogP contribution in [0.5, 0.6) is 0 Å². The number of nitrogens with two attached hydrogens (primary N) is 1. The van der Waals surface area contributed by atoms with Crippen LogP contribution in [0.2, 0.25) is 0 Å². The summed E-state index contributed by atoms with van der Waals surface area (Å²) in [6, 6.07) is 0. The summed E-state index contributed by atoms with van der Waals surface area (Å²) in [7, 11) is 0. The van der Waals surface area contributed by atoms with Crippen molar-refractivity contribution in [1.29, 1.82) is 0 Å². The number of hydrogen-bond acceptors (Lipinski definition) is 6. The third kappa shape index (κ3) is 3.83. The molecule has 7 nitrogen and oxygen atoms in total. The van der Waals surface area contributed by atoms with Gasteiger partial charge in [-0.2, -0.15) is 0 Å². The van der Waals surface area contributed by atoms with E-state index in [0.717, 1.165) is 17.1 Å². The third-order valence-electron chi connectivity index (χ3n) is 2.46. The molecule has 0 atom stereocenters. The molecule has 19 heavy (non-hydrogen) atoms. The van der Waals surface area contributed by atoms with Gasteiger partial charge in [-0.05, 0) is 6.42 Å². The van der Waals surface area contributed by atoms with Crippen LogP contribution in [0, 0.1) is 0 Å². The lowest BCUT2D eigenvalue weighted by Crippen LogP contribution is -2.29. The zero-order valence-corrected chi connectivity index (χ0v) is 11.5. The Hall–Kier alpha value is -1.80. The molecule has 0 spiro atoms. The molecule has 102 valence electrons. The van der Waals surface area contributed by atoms with Gasteiger partial charge in [-0.15, -0.1) is 16.4 Å². The first-order valence-electron chi connectivity index (χ1n) is 6.00. The van der Waals surface area contributed by atoms with E-state index in [0.29, 0.717) is 18.8 Å². The molecule has 8 heteroatoms. The third-order valence-corrected chi connectivity index (χ3v) is 3.51. The molecular formula is C11H16N6OS. The number of carbonyl (C=O) groups is 1. The first-order chi connectivity index (χ1) is 9.21. The standard InChI is InChI=1S/C11H16N6OS/c1-2-11-14-9(7-19-11)6-17-5-8(15-16-17)4-13-10(18)3-12/h5,7H,2-4,6,12H2,1H3,(H,13,18). The molecule has 2 rings (SSSR count). The molecule has 3 N–H and O–H groups in total. The molecule has 0 aliphatic carbocycles. The van der Waals surface area contributed by atoms with Crippen LogP contribution in [-0.4, -0.2) is 32.4 Å². The summed E-state index contributed by atoms with van der Waals surface area (Å²) in [6.07, 6.45) is 2.74. The number of hydrogen-bond donors (Lipinski definition) is 2. The molecule has 0 bridgehead atoms. The Labute approximate surface area is 114 Å². The number of nitrogens with one attached hydrogen (secondary N) is 1. The highest BCUT2D eigenvalue weighted by Gasteiger charge is 2.05. The second-order valence-corrected chi connectivity index (χ2v) is 4.92. The minimum absolute atomic E-state index is 0.0211. The van der Waals surface area contributed by atoms with Gasteiger partial charge in [0.25, 0.3) is 0 Å². The van der Waals surface area contributed by atoms with E-state index in [1.54, 1.807) is 22.2 Å². The Balaban J connectivity index is 1.91. The molecule has 1 amide bonds. The minimum atomic E-state index is -0.207. The van der Waals surface area contributed by atoms with Crippen molar-refractivity contribution >= 4 is 17.2 Å². The lowest BCUT2D eigenvalue weighted by atomic mass is 10.4. The van der Waals surface area contributed by atoms with Crippen LogP contribution in [0.15, 0.2) is 11.6 Å². The summed E-state index contributed by atoms with van der Waals surface area (Å²) in [6.45, 7) is 2.99. The molecule has 0 fully saturated rings. The van der Waals surface area contributed by atoms with Gasteiger partial charge in [-0.25, -0.2) is 9.67 Å². The molecule has 2 heterocycles. The molecule has 0 aromatic carbocycles. The summed E-state index contributed by atoms with van der Waals surface area (Å²) in [4.78, 5) is 15.5. The van der Waals surface area contributed by atoms with E-state index < -0.39 is 0 Å². The largest absolute Gasteiger partial charge is 0.349 e. The molecule has 2 aromatic rings. The summed E-state index contributed by atoms with van der Waals surface area (Å²) in [5.74, 6) is -0.207. The average Bonchev–Trinajstić information content (AvgIpc) is 3.05. The average molecular weight is 280 g/mol. The quantitative estimate of drug-likeness (QED) is 0.771. The van der Waals surface area contributed by atoms with Gasteiger partial charge in [0.1, 0.15) is 5.69 Å². The molecule has 0 unspecified atom stereocenters. The highest BCUT2D eigenvalue weighted by molar-refractivity contribution is 7.09. The SMILES string of the molecule is CCc1nc(Cn2cc(CNC(=O)CN)nn2)cs1. The van der Waals surface area contributed by atoms with Crippen molar-refractivity contribution in [2.24, 2.45) is 5.73 Å². The number of carbonyl (C=O) groups excluding carboxylic acids is 1. The van der Waals surface area contributed by atoms with E-state index in [9.17, 15) is 4.79 Å². The molecule has 0 saturated heterocycles. The highest BCUT2D eigenvalue weighted by atomic mass is 32.1. The fourth-order valence-corrected chi connectivity index (χ4v) is 2.24. The summed E-state index contributed by atoms with van der Waals surface area (Å²) >= 11 is 1.65.